The largest absolute Gasteiger partial charge is 0.378 e. The number of carbonyl (C=O) groups excluding carboxylic acids is 1. The van der Waals surface area contributed by atoms with Crippen LogP contribution < -0.4 is 4.90 Å². The van der Waals surface area contributed by atoms with Gasteiger partial charge in [-0.3, -0.25) is 4.79 Å². The van der Waals surface area contributed by atoms with Gasteiger partial charge in [-0.25, -0.2) is 0 Å². The number of hydrogen-bond donors (Lipinski definition) is 0. The molecule has 22 heavy (non-hydrogen) atoms. The van der Waals surface area contributed by atoms with E-state index in [-0.39, 0.29) is 17.1 Å². The Morgan fingerprint density at radius 1 is 1.36 bits per heavy atom. The second-order valence-electron chi connectivity index (χ2n) is 6.89. The third-order valence-electron chi connectivity index (χ3n) is 5.00. The summed E-state index contributed by atoms with van der Waals surface area (Å²) in [5.74, 6) is 0.568. The van der Waals surface area contributed by atoms with E-state index in [1.807, 2.05) is 49.3 Å². The monoisotopic (exact) mass is 296 g/mol. The highest BCUT2D eigenvalue weighted by Crippen LogP contribution is 2.53. The van der Waals surface area contributed by atoms with E-state index < -0.39 is 0 Å². The first-order valence-corrected chi connectivity index (χ1v) is 7.72. The number of carbonyl (C=O) groups is 1. The Kier molecular flexibility index (Phi) is 4.71. The molecule has 0 aromatic heterocycles. The Balaban J connectivity index is 1.99. The number of nitrogens with zero attached hydrogens (tertiary/aromatic N) is 2. The van der Waals surface area contributed by atoms with E-state index in [0.29, 0.717) is 12.3 Å². The van der Waals surface area contributed by atoms with Crippen LogP contribution in [0.4, 0.5) is 5.69 Å². The Labute approximate surface area is 133 Å². The number of ketones is 1. The molecule has 0 spiro atoms. The second-order valence-corrected chi connectivity index (χ2v) is 6.89. The first-order chi connectivity index (χ1) is 10.4. The van der Waals surface area contributed by atoms with Crippen LogP contribution in [0.3, 0.4) is 0 Å². The Hall–Kier alpha value is -2.08. The average molecular weight is 296 g/mol. The van der Waals surface area contributed by atoms with Gasteiger partial charge in [-0.15, -0.1) is 0 Å². The number of anilines is 1. The van der Waals surface area contributed by atoms with E-state index in [9.17, 15) is 4.79 Å². The molecule has 0 N–H and O–H groups in total. The fraction of sp³-hybridized carbons (Fsp3) is 0.474. The second kappa shape index (κ2) is 6.36. The zero-order valence-electron chi connectivity index (χ0n) is 13.8. The molecule has 116 valence electrons. The smallest absolute Gasteiger partial charge is 0.159 e. The van der Waals surface area contributed by atoms with Crippen molar-refractivity contribution in [3.8, 4) is 6.07 Å². The predicted octanol–water partition coefficient (Wildman–Crippen LogP) is 3.91. The summed E-state index contributed by atoms with van der Waals surface area (Å²) in [6, 6.07) is 10.3. The molecule has 1 aliphatic carbocycles. The highest BCUT2D eigenvalue weighted by Gasteiger charge is 2.50. The van der Waals surface area contributed by atoms with Crippen molar-refractivity contribution in [3.05, 3.63) is 35.9 Å². The maximum Gasteiger partial charge on any atom is 0.159 e. The molecule has 2 atom stereocenters. The fourth-order valence-electron chi connectivity index (χ4n) is 3.13. The van der Waals surface area contributed by atoms with Crippen LogP contribution in [0.15, 0.2) is 30.3 Å². The zero-order valence-corrected chi connectivity index (χ0v) is 13.8. The van der Waals surface area contributed by atoms with Gasteiger partial charge in [0, 0.05) is 32.1 Å². The summed E-state index contributed by atoms with van der Waals surface area (Å²) in [7, 11) is 4.01. The van der Waals surface area contributed by atoms with Gasteiger partial charge >= 0.3 is 0 Å². The quantitative estimate of drug-likeness (QED) is 0.774. The van der Waals surface area contributed by atoms with Gasteiger partial charge in [0.25, 0.3) is 0 Å². The van der Waals surface area contributed by atoms with Gasteiger partial charge in [0.15, 0.2) is 5.78 Å². The van der Waals surface area contributed by atoms with Gasteiger partial charge in [0.1, 0.15) is 0 Å². The van der Waals surface area contributed by atoms with Crippen molar-refractivity contribution in [3.63, 3.8) is 0 Å². The van der Waals surface area contributed by atoms with Crippen LogP contribution in [-0.4, -0.2) is 19.9 Å². The molecule has 0 radical (unpaired) electrons. The van der Waals surface area contributed by atoms with Gasteiger partial charge in [-0.1, -0.05) is 32.1 Å². The van der Waals surface area contributed by atoms with Crippen LogP contribution in [0, 0.1) is 28.6 Å². The van der Waals surface area contributed by atoms with Crippen LogP contribution in [0.1, 0.15) is 32.3 Å². The topological polar surface area (TPSA) is 44.1 Å². The van der Waals surface area contributed by atoms with E-state index in [1.165, 1.54) is 0 Å². The van der Waals surface area contributed by atoms with Gasteiger partial charge in [-0.05, 0) is 41.5 Å². The third kappa shape index (κ3) is 3.22. The molecule has 0 aliphatic heterocycles. The van der Waals surface area contributed by atoms with Crippen molar-refractivity contribution in [1.29, 1.82) is 5.26 Å². The lowest BCUT2D eigenvalue weighted by Gasteiger charge is -2.50. The average Bonchev–Trinajstić information content (AvgIpc) is 2.49. The van der Waals surface area contributed by atoms with E-state index in [0.717, 1.165) is 17.7 Å². The molecule has 3 nitrogen and oxygen atoms in total. The van der Waals surface area contributed by atoms with Crippen LogP contribution in [-0.2, 0) is 4.79 Å². The molecule has 1 saturated carbocycles. The molecular weight excluding hydrogens is 272 g/mol. The Bertz CT molecular complexity index is 605. The van der Waals surface area contributed by atoms with Crippen molar-refractivity contribution in [2.45, 2.75) is 26.7 Å². The minimum atomic E-state index is -0.0636. The molecule has 3 heteroatoms. The lowest BCUT2D eigenvalue weighted by molar-refractivity contribution is -0.132. The van der Waals surface area contributed by atoms with E-state index >= 15 is 0 Å². The highest BCUT2D eigenvalue weighted by molar-refractivity contribution is 5.96. The van der Waals surface area contributed by atoms with E-state index in [2.05, 4.69) is 19.9 Å². The van der Waals surface area contributed by atoms with Crippen molar-refractivity contribution in [1.82, 2.24) is 0 Å². The molecule has 0 saturated heterocycles. The van der Waals surface area contributed by atoms with Crippen LogP contribution >= 0.6 is 0 Å². The lowest BCUT2D eigenvalue weighted by Crippen LogP contribution is -2.48. The molecular formula is C19H24N2O. The minimum Gasteiger partial charge on any atom is -0.378 e. The summed E-state index contributed by atoms with van der Waals surface area (Å²) in [6.45, 7) is 4.20. The van der Waals surface area contributed by atoms with Gasteiger partial charge in [0.05, 0.1) is 6.07 Å². The summed E-state index contributed by atoms with van der Waals surface area (Å²) in [5, 5.41) is 8.82. The van der Waals surface area contributed by atoms with Crippen LogP contribution in [0.25, 0.3) is 6.08 Å². The third-order valence-corrected chi connectivity index (χ3v) is 5.00. The van der Waals surface area contributed by atoms with Gasteiger partial charge in [0.2, 0.25) is 0 Å². The first-order valence-electron chi connectivity index (χ1n) is 7.72. The summed E-state index contributed by atoms with van der Waals surface area (Å²) >= 11 is 0. The Morgan fingerprint density at radius 2 is 2.00 bits per heavy atom. The van der Waals surface area contributed by atoms with E-state index in [4.69, 9.17) is 5.26 Å². The van der Waals surface area contributed by atoms with Gasteiger partial charge in [-0.2, -0.15) is 5.26 Å². The summed E-state index contributed by atoms with van der Waals surface area (Å²) in [4.78, 5) is 14.4. The molecule has 1 fully saturated rings. The number of rotatable bonds is 5. The summed E-state index contributed by atoms with van der Waals surface area (Å²) < 4.78 is 0. The molecule has 0 unspecified atom stereocenters. The standard InChI is InChI=1S/C19H24N2O/c1-19(2)15(11-12-20)13-17(19)18(22)10-7-14-5-8-16(9-6-14)21(3)4/h5-10,15,17H,11,13H2,1-4H3/b10-7+/t15-,17-/m1/s1. The van der Waals surface area contributed by atoms with Gasteiger partial charge < -0.3 is 4.90 Å². The van der Waals surface area contributed by atoms with Crippen molar-refractivity contribution in [2.24, 2.45) is 17.3 Å². The minimum absolute atomic E-state index is 0.0446. The molecule has 1 aromatic carbocycles. The number of allylic oxidation sites excluding steroid dienone is 1. The molecule has 1 aromatic rings. The maximum absolute atomic E-state index is 12.4. The number of benzene rings is 1. The molecule has 0 bridgehead atoms. The molecule has 2 rings (SSSR count). The van der Waals surface area contributed by atoms with Crippen LogP contribution in [0.5, 0.6) is 0 Å². The number of nitriles is 1. The van der Waals surface area contributed by atoms with Crippen LogP contribution in [0.2, 0.25) is 0 Å². The molecule has 1 aliphatic rings. The predicted molar refractivity (Wildman–Crippen MR) is 90.4 cm³/mol. The summed E-state index contributed by atoms with van der Waals surface area (Å²) in [6.07, 6.45) is 4.96. The number of hydrogen-bond acceptors (Lipinski definition) is 3. The molecule has 0 heterocycles. The molecule has 0 amide bonds. The van der Waals surface area contributed by atoms with Crippen molar-refractivity contribution in [2.75, 3.05) is 19.0 Å². The lowest BCUT2D eigenvalue weighted by atomic mass is 9.52. The highest BCUT2D eigenvalue weighted by atomic mass is 16.1. The fourth-order valence-corrected chi connectivity index (χ4v) is 3.13. The zero-order chi connectivity index (χ0) is 16.3. The van der Waals surface area contributed by atoms with Crippen molar-refractivity contribution >= 4 is 17.5 Å². The van der Waals surface area contributed by atoms with E-state index in [1.54, 1.807) is 6.08 Å². The summed E-state index contributed by atoms with van der Waals surface area (Å²) in [5.41, 5.74) is 2.11. The first kappa shape index (κ1) is 16.3. The SMILES string of the molecule is CN(C)c1ccc(/C=C/C(=O)[C@H]2C[C@@H](CC#N)C2(C)C)cc1. The Morgan fingerprint density at radius 3 is 2.50 bits per heavy atom. The van der Waals surface area contributed by atoms with Crippen molar-refractivity contribution < 1.29 is 4.79 Å². The maximum atomic E-state index is 12.4. The normalized spacial score (nSPS) is 22.9.